The second kappa shape index (κ2) is 6.28. The summed E-state index contributed by atoms with van der Waals surface area (Å²) in [6, 6.07) is 8.12. The van der Waals surface area contributed by atoms with E-state index in [2.05, 4.69) is 5.32 Å². The number of ether oxygens (including phenoxy) is 1. The Balaban J connectivity index is 1.71. The molecule has 0 bridgehead atoms. The van der Waals surface area contributed by atoms with Crippen LogP contribution >= 0.6 is 0 Å². The molecule has 0 saturated heterocycles. The Kier molecular flexibility index (Phi) is 4.22. The van der Waals surface area contributed by atoms with Crippen LogP contribution in [-0.4, -0.2) is 18.3 Å². The first kappa shape index (κ1) is 14.1. The van der Waals surface area contributed by atoms with Crippen LogP contribution in [0.5, 0.6) is 5.75 Å². The van der Waals surface area contributed by atoms with Gasteiger partial charge in [-0.05, 0) is 31.0 Å². The van der Waals surface area contributed by atoms with Gasteiger partial charge >= 0.3 is 0 Å². The van der Waals surface area contributed by atoms with E-state index in [1.54, 1.807) is 18.2 Å². The fourth-order valence-electron chi connectivity index (χ4n) is 2.59. The van der Waals surface area contributed by atoms with Gasteiger partial charge in [-0.3, -0.25) is 0 Å². The average Bonchev–Trinajstić information content (AvgIpc) is 2.94. The van der Waals surface area contributed by atoms with E-state index in [0.29, 0.717) is 24.7 Å². The molecule has 0 aliphatic carbocycles. The molecule has 21 heavy (non-hydrogen) atoms. The maximum Gasteiger partial charge on any atom is 0.133 e. The Morgan fingerprint density at radius 3 is 3.10 bits per heavy atom. The molecular formula is C16H18FNO3. The topological polar surface area (TPSA) is 54.6 Å². The van der Waals surface area contributed by atoms with Gasteiger partial charge in [-0.15, -0.1) is 0 Å². The van der Waals surface area contributed by atoms with Crippen LogP contribution in [0.1, 0.15) is 36.3 Å². The van der Waals surface area contributed by atoms with Gasteiger partial charge in [-0.2, -0.15) is 0 Å². The summed E-state index contributed by atoms with van der Waals surface area (Å²) in [6.07, 6.45) is 2.60. The second-order valence-corrected chi connectivity index (χ2v) is 5.16. The summed E-state index contributed by atoms with van der Waals surface area (Å²) in [5.74, 6) is 0.814. The number of nitrogens with one attached hydrogen (secondary N) is 1. The van der Waals surface area contributed by atoms with Gasteiger partial charge in [0.1, 0.15) is 23.4 Å². The van der Waals surface area contributed by atoms with Crippen molar-refractivity contribution >= 4 is 0 Å². The van der Waals surface area contributed by atoms with Crippen molar-refractivity contribution in [3.05, 3.63) is 53.7 Å². The van der Waals surface area contributed by atoms with E-state index in [1.807, 2.05) is 0 Å². The number of halogens is 1. The predicted molar refractivity (Wildman–Crippen MR) is 75.5 cm³/mol. The number of aliphatic hydroxyl groups excluding tert-OH is 1. The highest BCUT2D eigenvalue weighted by Gasteiger charge is 2.21. The van der Waals surface area contributed by atoms with Crippen molar-refractivity contribution < 1.29 is 18.7 Å². The molecule has 0 unspecified atom stereocenters. The molecule has 2 N–H and O–H groups in total. The monoisotopic (exact) mass is 291 g/mol. The number of benzene rings is 1. The molecule has 0 radical (unpaired) electrons. The highest BCUT2D eigenvalue weighted by atomic mass is 19.1. The Bertz CT molecular complexity index is 585. The lowest BCUT2D eigenvalue weighted by atomic mass is 10.0. The molecular weight excluding hydrogens is 273 g/mol. The lowest BCUT2D eigenvalue weighted by molar-refractivity contribution is 0.142. The molecule has 3 rings (SSSR count). The third-order valence-corrected chi connectivity index (χ3v) is 3.67. The Labute approximate surface area is 122 Å². The van der Waals surface area contributed by atoms with Gasteiger partial charge < -0.3 is 19.6 Å². The molecule has 1 aromatic heterocycles. The number of fused-ring (bicyclic) bond motifs is 1. The minimum atomic E-state index is -0.701. The normalized spacial score (nSPS) is 19.4. The molecule has 1 aliphatic rings. The Hall–Kier alpha value is -1.85. The lowest BCUT2D eigenvalue weighted by Gasteiger charge is -2.20. The quantitative estimate of drug-likeness (QED) is 0.909. The van der Waals surface area contributed by atoms with Crippen LogP contribution in [0.4, 0.5) is 4.39 Å². The van der Waals surface area contributed by atoms with E-state index in [0.717, 1.165) is 18.4 Å². The van der Waals surface area contributed by atoms with Gasteiger partial charge in [0.2, 0.25) is 0 Å². The minimum absolute atomic E-state index is 0.0349. The van der Waals surface area contributed by atoms with Crippen molar-refractivity contribution in [3.63, 3.8) is 0 Å². The smallest absolute Gasteiger partial charge is 0.133 e. The highest BCUT2D eigenvalue weighted by Crippen LogP contribution is 2.32. The molecule has 0 spiro atoms. The van der Waals surface area contributed by atoms with Gasteiger partial charge in [0.15, 0.2) is 0 Å². The Morgan fingerprint density at radius 1 is 1.38 bits per heavy atom. The summed E-state index contributed by atoms with van der Waals surface area (Å²) in [6.45, 7) is 0.949. The molecule has 2 aromatic rings. The number of hydrogen-bond acceptors (Lipinski definition) is 4. The molecule has 0 fully saturated rings. The van der Waals surface area contributed by atoms with Crippen LogP contribution < -0.4 is 10.1 Å². The number of hydrogen-bond donors (Lipinski definition) is 2. The van der Waals surface area contributed by atoms with Crippen molar-refractivity contribution in [2.24, 2.45) is 0 Å². The van der Waals surface area contributed by atoms with Crippen molar-refractivity contribution in [2.75, 3.05) is 13.2 Å². The standard InChI is InChI=1S/C16H18FNO3/c17-11-5-6-12-13(3-1-7-21-16(12)9-11)18-10-14(19)15-4-2-8-20-15/h2,4-6,8-9,13-14,18-19H,1,3,7,10H2/t13-,14+/m1/s1. The molecule has 0 amide bonds. The predicted octanol–water partition coefficient (Wildman–Crippen LogP) is 2.96. The third kappa shape index (κ3) is 3.25. The third-order valence-electron chi connectivity index (χ3n) is 3.67. The van der Waals surface area contributed by atoms with Crippen molar-refractivity contribution in [1.29, 1.82) is 0 Å². The second-order valence-electron chi connectivity index (χ2n) is 5.16. The van der Waals surface area contributed by atoms with E-state index in [9.17, 15) is 9.50 Å². The van der Waals surface area contributed by atoms with Gasteiger partial charge in [-0.25, -0.2) is 4.39 Å². The zero-order chi connectivity index (χ0) is 14.7. The number of furan rings is 1. The number of rotatable bonds is 4. The van der Waals surface area contributed by atoms with Gasteiger partial charge in [0.05, 0.1) is 12.9 Å². The fraction of sp³-hybridized carbons (Fsp3) is 0.375. The molecule has 2 atom stereocenters. The molecule has 112 valence electrons. The Morgan fingerprint density at radius 2 is 2.29 bits per heavy atom. The molecule has 4 nitrogen and oxygen atoms in total. The van der Waals surface area contributed by atoms with Crippen LogP contribution in [0.3, 0.4) is 0 Å². The van der Waals surface area contributed by atoms with Crippen LogP contribution in [0.15, 0.2) is 41.0 Å². The van der Waals surface area contributed by atoms with Gasteiger partial charge in [0, 0.05) is 24.2 Å². The van der Waals surface area contributed by atoms with E-state index >= 15 is 0 Å². The summed E-state index contributed by atoms with van der Waals surface area (Å²) in [5.41, 5.74) is 0.931. The van der Waals surface area contributed by atoms with Crippen LogP contribution in [-0.2, 0) is 0 Å². The maximum absolute atomic E-state index is 13.3. The van der Waals surface area contributed by atoms with E-state index in [1.165, 1.54) is 18.4 Å². The minimum Gasteiger partial charge on any atom is -0.493 e. The van der Waals surface area contributed by atoms with Gasteiger partial charge in [-0.1, -0.05) is 6.07 Å². The zero-order valence-corrected chi connectivity index (χ0v) is 11.6. The summed E-state index contributed by atoms with van der Waals surface area (Å²) < 4.78 is 24.1. The average molecular weight is 291 g/mol. The molecule has 2 heterocycles. The van der Waals surface area contributed by atoms with Crippen LogP contribution in [0.25, 0.3) is 0 Å². The van der Waals surface area contributed by atoms with E-state index in [-0.39, 0.29) is 11.9 Å². The molecule has 5 heteroatoms. The van der Waals surface area contributed by atoms with Gasteiger partial charge in [0.25, 0.3) is 0 Å². The van der Waals surface area contributed by atoms with Crippen LogP contribution in [0.2, 0.25) is 0 Å². The molecule has 1 aromatic carbocycles. The first-order valence-electron chi connectivity index (χ1n) is 7.11. The van der Waals surface area contributed by atoms with Crippen molar-refractivity contribution in [2.45, 2.75) is 25.0 Å². The fourth-order valence-corrected chi connectivity index (χ4v) is 2.59. The van der Waals surface area contributed by atoms with E-state index < -0.39 is 6.10 Å². The number of aliphatic hydroxyl groups is 1. The summed E-state index contributed by atoms with van der Waals surface area (Å²) >= 11 is 0. The summed E-state index contributed by atoms with van der Waals surface area (Å²) in [4.78, 5) is 0. The zero-order valence-electron chi connectivity index (χ0n) is 11.6. The van der Waals surface area contributed by atoms with Crippen molar-refractivity contribution in [1.82, 2.24) is 5.32 Å². The van der Waals surface area contributed by atoms with Crippen LogP contribution in [0, 0.1) is 5.82 Å². The SMILES string of the molecule is O[C@@H](CN[C@@H]1CCCOc2cc(F)ccc21)c1ccco1. The molecule has 1 aliphatic heterocycles. The summed E-state index contributed by atoms with van der Waals surface area (Å²) in [7, 11) is 0. The summed E-state index contributed by atoms with van der Waals surface area (Å²) in [5, 5.41) is 13.4. The maximum atomic E-state index is 13.3. The lowest BCUT2D eigenvalue weighted by Crippen LogP contribution is -2.26. The highest BCUT2D eigenvalue weighted by molar-refractivity contribution is 5.37. The van der Waals surface area contributed by atoms with E-state index in [4.69, 9.17) is 9.15 Å². The molecule has 0 saturated carbocycles. The first-order chi connectivity index (χ1) is 10.2. The largest absolute Gasteiger partial charge is 0.493 e. The van der Waals surface area contributed by atoms with Crippen molar-refractivity contribution in [3.8, 4) is 5.75 Å². The first-order valence-corrected chi connectivity index (χ1v) is 7.11.